The molecular formula is C29H38N2O5Si. The van der Waals surface area contributed by atoms with Gasteiger partial charge in [0.05, 0.1) is 11.8 Å². The Balaban J connectivity index is 1.67. The van der Waals surface area contributed by atoms with Crippen LogP contribution in [-0.2, 0) is 19.9 Å². The van der Waals surface area contributed by atoms with Crippen LogP contribution in [0.5, 0.6) is 0 Å². The molecule has 2 aromatic carbocycles. The van der Waals surface area contributed by atoms with Crippen LogP contribution >= 0.6 is 0 Å². The van der Waals surface area contributed by atoms with E-state index in [-0.39, 0.29) is 29.9 Å². The molecule has 2 fully saturated rings. The van der Waals surface area contributed by atoms with E-state index < -0.39 is 20.0 Å². The molecule has 3 aliphatic heterocycles. The Labute approximate surface area is 220 Å². The van der Waals surface area contributed by atoms with E-state index in [0.29, 0.717) is 19.4 Å². The summed E-state index contributed by atoms with van der Waals surface area (Å²) in [5, 5.41) is 9.83. The Hall–Kier alpha value is -2.52. The molecule has 3 aliphatic rings. The van der Waals surface area contributed by atoms with Crippen molar-refractivity contribution >= 4 is 37.2 Å². The Kier molecular flexibility index (Phi) is 7.04. The Morgan fingerprint density at radius 3 is 2.46 bits per heavy atom. The first-order valence-corrected chi connectivity index (χ1v) is 16.6. The molecule has 0 aliphatic carbocycles. The van der Waals surface area contributed by atoms with E-state index in [0.717, 1.165) is 48.3 Å². The normalized spacial score (nSPS) is 28.5. The maximum Gasteiger partial charge on any atom is 0.268 e. The average Bonchev–Trinajstić information content (AvgIpc) is 3.28. The second-order valence-corrected chi connectivity index (χ2v) is 15.2. The summed E-state index contributed by atoms with van der Waals surface area (Å²) in [5.74, 6) is -0.381. The molecule has 8 heteroatoms. The second kappa shape index (κ2) is 9.98. The lowest BCUT2D eigenvalue weighted by Crippen LogP contribution is -2.45. The number of nitrogens with zero attached hydrogens (tertiary/aromatic N) is 2. The van der Waals surface area contributed by atoms with Crippen molar-refractivity contribution in [2.75, 3.05) is 23.0 Å². The summed E-state index contributed by atoms with van der Waals surface area (Å²) in [6.07, 6.45) is 4.45. The summed E-state index contributed by atoms with van der Waals surface area (Å²) in [6, 6.07) is 15.4. The fourth-order valence-corrected chi connectivity index (χ4v) is 9.42. The number of anilines is 3. The molecule has 7 nitrogen and oxygen atoms in total. The molecule has 0 saturated carbocycles. The van der Waals surface area contributed by atoms with Gasteiger partial charge in [-0.15, -0.1) is 0 Å². The van der Waals surface area contributed by atoms with Gasteiger partial charge in [-0.25, -0.2) is 0 Å². The molecule has 3 heterocycles. The highest BCUT2D eigenvalue weighted by molar-refractivity contribution is 6.71. The van der Waals surface area contributed by atoms with Crippen molar-refractivity contribution in [2.45, 2.75) is 75.8 Å². The van der Waals surface area contributed by atoms with Crippen LogP contribution in [0.25, 0.3) is 0 Å². The van der Waals surface area contributed by atoms with E-state index in [4.69, 9.17) is 4.74 Å². The first kappa shape index (κ1) is 26.1. The standard InChI is InChI=1S/C29H38N2O5Si/c1-20-27(37(2,3)35)25(16-18-32)36-29(20)23-19-22(30-17-10-5-4-9-13-26(30)33)14-15-24(23)31(28(29)34)21-11-7-6-8-12-21/h6-8,11-12,14-15,19-20,25,27,32,35H,4-5,9-10,13,16-18H2,1-3H3/t20-,25+,27-,29+/m1/s1. The molecule has 198 valence electrons. The summed E-state index contributed by atoms with van der Waals surface area (Å²) in [5.41, 5.74) is 1.48. The van der Waals surface area contributed by atoms with E-state index in [9.17, 15) is 19.5 Å². The van der Waals surface area contributed by atoms with E-state index in [1.807, 2.05) is 73.4 Å². The van der Waals surface area contributed by atoms with Crippen molar-refractivity contribution in [1.82, 2.24) is 0 Å². The number of rotatable bonds is 5. The molecule has 0 bridgehead atoms. The van der Waals surface area contributed by atoms with E-state index in [1.54, 1.807) is 4.90 Å². The monoisotopic (exact) mass is 522 g/mol. The largest absolute Gasteiger partial charge is 0.432 e. The van der Waals surface area contributed by atoms with Crippen LogP contribution in [0.3, 0.4) is 0 Å². The number of aliphatic hydroxyl groups excluding tert-OH is 1. The van der Waals surface area contributed by atoms with Crippen LogP contribution in [0.1, 0.15) is 51.0 Å². The summed E-state index contributed by atoms with van der Waals surface area (Å²) in [4.78, 5) is 42.4. The van der Waals surface area contributed by atoms with E-state index in [1.165, 1.54) is 0 Å². The quantitative estimate of drug-likeness (QED) is 0.549. The van der Waals surface area contributed by atoms with Gasteiger partial charge in [0, 0.05) is 48.0 Å². The Morgan fingerprint density at radius 1 is 1.03 bits per heavy atom. The SMILES string of the molecule is C[C@@H]1[C@@H]([Si](C)(C)O)[C@H](CCO)O[C@@]12C(=O)N(c1ccccc1)c1ccc(N3CCCCCCC3=O)cc12. The van der Waals surface area contributed by atoms with Gasteiger partial charge in [0.2, 0.25) is 5.91 Å². The molecule has 0 aromatic heterocycles. The number of para-hydroxylation sites is 1. The van der Waals surface area contributed by atoms with E-state index in [2.05, 4.69) is 0 Å². The zero-order valence-corrected chi connectivity index (χ0v) is 23.0. The topological polar surface area (TPSA) is 90.3 Å². The van der Waals surface area contributed by atoms with Crippen LogP contribution in [0.2, 0.25) is 18.6 Å². The highest BCUT2D eigenvalue weighted by Gasteiger charge is 2.66. The van der Waals surface area contributed by atoms with Crippen LogP contribution in [-0.4, -0.2) is 49.3 Å². The van der Waals surface area contributed by atoms with Crippen molar-refractivity contribution < 1.29 is 24.2 Å². The number of carbonyl (C=O) groups excluding carboxylic acids is 2. The molecule has 5 rings (SSSR count). The third-order valence-electron chi connectivity index (χ3n) is 8.44. The third kappa shape index (κ3) is 4.33. The number of aliphatic hydroxyl groups is 1. The molecule has 4 atom stereocenters. The van der Waals surface area contributed by atoms with Crippen LogP contribution in [0, 0.1) is 5.92 Å². The summed E-state index contributed by atoms with van der Waals surface area (Å²) in [7, 11) is -2.77. The first-order chi connectivity index (χ1) is 17.7. The van der Waals surface area contributed by atoms with E-state index >= 15 is 0 Å². The minimum absolute atomic E-state index is 0.0831. The molecule has 2 N–H and O–H groups in total. The molecule has 1 spiro atoms. The Bertz CT molecular complexity index is 1170. The highest BCUT2D eigenvalue weighted by atomic mass is 28.4. The fraction of sp³-hybridized carbons (Fsp3) is 0.517. The van der Waals surface area contributed by atoms with Gasteiger partial charge in [-0.2, -0.15) is 0 Å². The van der Waals surface area contributed by atoms with Crippen molar-refractivity contribution in [3.8, 4) is 0 Å². The van der Waals surface area contributed by atoms with Gasteiger partial charge in [0.15, 0.2) is 13.9 Å². The maximum atomic E-state index is 14.5. The zero-order chi connectivity index (χ0) is 26.4. The summed E-state index contributed by atoms with van der Waals surface area (Å²) < 4.78 is 6.73. The zero-order valence-electron chi connectivity index (χ0n) is 22.0. The van der Waals surface area contributed by atoms with Crippen molar-refractivity contribution in [3.05, 3.63) is 54.1 Å². The number of fused-ring (bicyclic) bond motifs is 2. The number of hydrogen-bond acceptors (Lipinski definition) is 5. The molecule has 0 unspecified atom stereocenters. The van der Waals surface area contributed by atoms with Gasteiger partial charge in [0.1, 0.15) is 0 Å². The number of benzene rings is 2. The lowest BCUT2D eigenvalue weighted by molar-refractivity contribution is -0.145. The van der Waals surface area contributed by atoms with Crippen LogP contribution in [0.15, 0.2) is 48.5 Å². The van der Waals surface area contributed by atoms with Crippen molar-refractivity contribution in [3.63, 3.8) is 0 Å². The van der Waals surface area contributed by atoms with Gasteiger partial charge in [-0.05, 0) is 62.7 Å². The van der Waals surface area contributed by atoms with Crippen LogP contribution < -0.4 is 9.80 Å². The van der Waals surface area contributed by atoms with Gasteiger partial charge in [-0.1, -0.05) is 38.0 Å². The lowest BCUT2D eigenvalue weighted by Gasteiger charge is -2.32. The summed E-state index contributed by atoms with van der Waals surface area (Å²) in [6.45, 7) is 6.33. The molecule has 2 saturated heterocycles. The maximum absolute atomic E-state index is 14.5. The molecular weight excluding hydrogens is 484 g/mol. The summed E-state index contributed by atoms with van der Waals surface area (Å²) >= 11 is 0. The number of hydrogen-bond donors (Lipinski definition) is 2. The van der Waals surface area contributed by atoms with Gasteiger partial charge >= 0.3 is 0 Å². The predicted octanol–water partition coefficient (Wildman–Crippen LogP) is 4.84. The average molecular weight is 523 g/mol. The molecule has 2 aromatic rings. The number of carbonyl (C=O) groups is 2. The third-order valence-corrected chi connectivity index (χ3v) is 10.9. The predicted molar refractivity (Wildman–Crippen MR) is 146 cm³/mol. The van der Waals surface area contributed by atoms with Gasteiger partial charge < -0.3 is 19.5 Å². The Morgan fingerprint density at radius 2 is 1.76 bits per heavy atom. The lowest BCUT2D eigenvalue weighted by atomic mass is 9.82. The minimum atomic E-state index is -2.77. The minimum Gasteiger partial charge on any atom is -0.432 e. The first-order valence-electron chi connectivity index (χ1n) is 13.6. The second-order valence-electron chi connectivity index (χ2n) is 11.3. The van der Waals surface area contributed by atoms with Crippen LogP contribution in [0.4, 0.5) is 17.1 Å². The van der Waals surface area contributed by atoms with Crippen molar-refractivity contribution in [1.29, 1.82) is 0 Å². The smallest absolute Gasteiger partial charge is 0.268 e. The van der Waals surface area contributed by atoms with Crippen molar-refractivity contribution in [2.24, 2.45) is 5.92 Å². The molecule has 37 heavy (non-hydrogen) atoms. The molecule has 0 radical (unpaired) electrons. The van der Waals surface area contributed by atoms with Gasteiger partial charge in [-0.3, -0.25) is 14.5 Å². The highest BCUT2D eigenvalue weighted by Crippen LogP contribution is 2.61. The van der Waals surface area contributed by atoms with Gasteiger partial charge in [0.25, 0.3) is 5.91 Å². The fourth-order valence-electron chi connectivity index (χ4n) is 6.82. The molecule has 2 amide bonds. The number of amides is 2. The number of ether oxygens (including phenoxy) is 1.